The van der Waals surface area contributed by atoms with Crippen LogP contribution >= 0.6 is 11.6 Å². The van der Waals surface area contributed by atoms with Crippen LogP contribution in [0.5, 0.6) is 5.75 Å². The molecule has 17 heavy (non-hydrogen) atoms. The van der Waals surface area contributed by atoms with E-state index in [2.05, 4.69) is 19.9 Å². The first-order valence-electron chi connectivity index (χ1n) is 6.10. The summed E-state index contributed by atoms with van der Waals surface area (Å²) in [4.78, 5) is 0. The van der Waals surface area contributed by atoms with E-state index in [1.807, 2.05) is 6.07 Å². The molecule has 0 atom stereocenters. The van der Waals surface area contributed by atoms with Gasteiger partial charge in [0, 0.05) is 5.54 Å². The van der Waals surface area contributed by atoms with Crippen LogP contribution in [0.4, 0.5) is 0 Å². The van der Waals surface area contributed by atoms with E-state index in [1.54, 1.807) is 7.11 Å². The second-order valence-corrected chi connectivity index (χ2v) is 5.80. The topological polar surface area (TPSA) is 35.2 Å². The molecule has 0 aliphatic heterocycles. The zero-order valence-electron chi connectivity index (χ0n) is 10.7. The molecule has 2 nitrogen and oxygen atoms in total. The van der Waals surface area contributed by atoms with E-state index in [9.17, 15) is 0 Å². The van der Waals surface area contributed by atoms with Crippen LogP contribution < -0.4 is 10.5 Å². The highest BCUT2D eigenvalue weighted by molar-refractivity contribution is 6.32. The molecule has 2 N–H and O–H groups in total. The van der Waals surface area contributed by atoms with E-state index in [4.69, 9.17) is 22.1 Å². The maximum absolute atomic E-state index is 6.26. The van der Waals surface area contributed by atoms with Crippen LogP contribution in [0.3, 0.4) is 0 Å². The van der Waals surface area contributed by atoms with Gasteiger partial charge in [-0.3, -0.25) is 0 Å². The summed E-state index contributed by atoms with van der Waals surface area (Å²) in [6.45, 7) is 4.29. The van der Waals surface area contributed by atoms with Gasteiger partial charge in [-0.15, -0.1) is 0 Å². The Bertz CT molecular complexity index is 424. The SMILES string of the molecule is COc1c(Cl)cc(CC2(N)CC2)cc1C(C)C. The second-order valence-electron chi connectivity index (χ2n) is 5.39. The molecule has 1 aromatic carbocycles. The van der Waals surface area contributed by atoms with Crippen molar-refractivity contribution in [2.75, 3.05) is 7.11 Å². The molecule has 0 radical (unpaired) electrons. The molecule has 0 heterocycles. The van der Waals surface area contributed by atoms with Crippen molar-refractivity contribution in [3.05, 3.63) is 28.3 Å². The van der Waals surface area contributed by atoms with E-state index in [1.165, 1.54) is 11.1 Å². The van der Waals surface area contributed by atoms with Crippen molar-refractivity contribution < 1.29 is 4.74 Å². The Morgan fingerprint density at radius 1 is 1.41 bits per heavy atom. The van der Waals surface area contributed by atoms with Crippen LogP contribution in [0.2, 0.25) is 5.02 Å². The molecule has 0 amide bonds. The number of hydrogen-bond donors (Lipinski definition) is 1. The monoisotopic (exact) mass is 253 g/mol. The van der Waals surface area contributed by atoms with Gasteiger partial charge in [-0.05, 0) is 42.4 Å². The van der Waals surface area contributed by atoms with Gasteiger partial charge < -0.3 is 10.5 Å². The Labute approximate surface area is 108 Å². The third kappa shape index (κ3) is 2.75. The van der Waals surface area contributed by atoms with Gasteiger partial charge in [0.05, 0.1) is 12.1 Å². The maximum atomic E-state index is 6.26. The summed E-state index contributed by atoms with van der Waals surface area (Å²) in [5.41, 5.74) is 8.56. The van der Waals surface area contributed by atoms with E-state index in [0.29, 0.717) is 10.9 Å². The summed E-state index contributed by atoms with van der Waals surface area (Å²) in [6.07, 6.45) is 3.15. The van der Waals surface area contributed by atoms with E-state index in [-0.39, 0.29) is 5.54 Å². The summed E-state index contributed by atoms with van der Waals surface area (Å²) in [7, 11) is 1.66. The fraction of sp³-hybridized carbons (Fsp3) is 0.571. The molecule has 94 valence electrons. The average molecular weight is 254 g/mol. The molecule has 1 aliphatic carbocycles. The van der Waals surface area contributed by atoms with Crippen LogP contribution in [0, 0.1) is 0 Å². The first-order chi connectivity index (χ1) is 7.95. The summed E-state index contributed by atoms with van der Waals surface area (Å²) in [6, 6.07) is 4.17. The predicted octanol–water partition coefficient (Wildman–Crippen LogP) is 3.51. The van der Waals surface area contributed by atoms with Crippen LogP contribution in [-0.4, -0.2) is 12.6 Å². The summed E-state index contributed by atoms with van der Waals surface area (Å²) in [5, 5.41) is 0.693. The molecule has 0 unspecified atom stereocenters. The lowest BCUT2D eigenvalue weighted by Crippen LogP contribution is -2.24. The third-order valence-electron chi connectivity index (χ3n) is 3.41. The first-order valence-corrected chi connectivity index (χ1v) is 6.48. The highest BCUT2D eigenvalue weighted by atomic mass is 35.5. The van der Waals surface area contributed by atoms with Crippen molar-refractivity contribution in [2.45, 2.75) is 44.6 Å². The predicted molar refractivity (Wildman–Crippen MR) is 71.9 cm³/mol. The molecule has 0 bridgehead atoms. The lowest BCUT2D eigenvalue weighted by Gasteiger charge is -2.17. The Kier molecular flexibility index (Phi) is 3.37. The second kappa shape index (κ2) is 4.51. The van der Waals surface area contributed by atoms with E-state index >= 15 is 0 Å². The largest absolute Gasteiger partial charge is 0.495 e. The minimum atomic E-state index is 0.0200. The minimum absolute atomic E-state index is 0.0200. The zero-order chi connectivity index (χ0) is 12.6. The van der Waals surface area contributed by atoms with Crippen molar-refractivity contribution in [3.8, 4) is 5.75 Å². The molecule has 3 heteroatoms. The fourth-order valence-electron chi connectivity index (χ4n) is 2.16. The molecular weight excluding hydrogens is 234 g/mol. The molecule has 1 aliphatic rings. The van der Waals surface area contributed by atoms with Gasteiger partial charge in [-0.2, -0.15) is 0 Å². The Balaban J connectivity index is 2.35. The van der Waals surface area contributed by atoms with Crippen LogP contribution in [0.25, 0.3) is 0 Å². The summed E-state index contributed by atoms with van der Waals surface area (Å²) >= 11 is 6.26. The number of hydrogen-bond acceptors (Lipinski definition) is 2. The van der Waals surface area contributed by atoms with E-state index in [0.717, 1.165) is 25.0 Å². The van der Waals surface area contributed by atoms with Crippen LogP contribution in [0.1, 0.15) is 43.7 Å². The summed E-state index contributed by atoms with van der Waals surface area (Å²) < 4.78 is 5.37. The van der Waals surface area contributed by atoms with E-state index < -0.39 is 0 Å². The fourth-order valence-corrected chi connectivity index (χ4v) is 2.49. The van der Waals surface area contributed by atoms with Gasteiger partial charge in [0.1, 0.15) is 5.75 Å². The van der Waals surface area contributed by atoms with Gasteiger partial charge in [0.25, 0.3) is 0 Å². The van der Waals surface area contributed by atoms with Crippen molar-refractivity contribution in [1.29, 1.82) is 0 Å². The average Bonchev–Trinajstić information content (AvgIpc) is 2.95. The molecule has 1 saturated carbocycles. The molecule has 0 saturated heterocycles. The van der Waals surface area contributed by atoms with Gasteiger partial charge >= 0.3 is 0 Å². The lowest BCUT2D eigenvalue weighted by molar-refractivity contribution is 0.407. The molecule has 0 spiro atoms. The summed E-state index contributed by atoms with van der Waals surface area (Å²) in [5.74, 6) is 1.20. The van der Waals surface area contributed by atoms with Gasteiger partial charge in [-0.25, -0.2) is 0 Å². The first kappa shape index (κ1) is 12.7. The van der Waals surface area contributed by atoms with Gasteiger partial charge in [0.15, 0.2) is 0 Å². The zero-order valence-corrected chi connectivity index (χ0v) is 11.5. The smallest absolute Gasteiger partial charge is 0.140 e. The molecule has 2 rings (SSSR count). The van der Waals surface area contributed by atoms with Crippen molar-refractivity contribution >= 4 is 11.6 Å². The highest BCUT2D eigenvalue weighted by Gasteiger charge is 2.38. The van der Waals surface area contributed by atoms with Crippen molar-refractivity contribution in [1.82, 2.24) is 0 Å². The van der Waals surface area contributed by atoms with Crippen molar-refractivity contribution in [2.24, 2.45) is 5.73 Å². The highest BCUT2D eigenvalue weighted by Crippen LogP contribution is 2.39. The number of halogens is 1. The normalized spacial score (nSPS) is 17.3. The van der Waals surface area contributed by atoms with Gasteiger partial charge in [-0.1, -0.05) is 31.5 Å². The lowest BCUT2D eigenvalue weighted by atomic mass is 9.96. The Morgan fingerprint density at radius 2 is 2.06 bits per heavy atom. The quantitative estimate of drug-likeness (QED) is 0.891. The molecule has 0 aromatic heterocycles. The molecule has 1 aromatic rings. The van der Waals surface area contributed by atoms with Crippen LogP contribution in [-0.2, 0) is 6.42 Å². The van der Waals surface area contributed by atoms with Crippen LogP contribution in [0.15, 0.2) is 12.1 Å². The standard InChI is InChI=1S/C14H20ClNO/c1-9(2)11-6-10(8-14(16)4-5-14)7-12(15)13(11)17-3/h6-7,9H,4-5,8,16H2,1-3H3. The molecular formula is C14H20ClNO. The number of ether oxygens (including phenoxy) is 1. The van der Waals surface area contributed by atoms with Gasteiger partial charge in [0.2, 0.25) is 0 Å². The number of nitrogens with two attached hydrogens (primary N) is 1. The maximum Gasteiger partial charge on any atom is 0.140 e. The Hall–Kier alpha value is -0.730. The third-order valence-corrected chi connectivity index (χ3v) is 3.69. The minimum Gasteiger partial charge on any atom is -0.495 e. The number of rotatable bonds is 4. The number of benzene rings is 1. The molecule has 1 fully saturated rings. The number of methoxy groups -OCH3 is 1. The van der Waals surface area contributed by atoms with Crippen molar-refractivity contribution in [3.63, 3.8) is 0 Å². The Morgan fingerprint density at radius 3 is 2.53 bits per heavy atom.